The first-order chi connectivity index (χ1) is 8.63. The molecule has 0 bridgehead atoms. The van der Waals surface area contributed by atoms with Crippen LogP contribution in [0.1, 0.15) is 19.8 Å². The van der Waals surface area contributed by atoms with Gasteiger partial charge in [0.05, 0.1) is 6.10 Å². The number of hydrogen-bond acceptors (Lipinski definition) is 3. The van der Waals surface area contributed by atoms with Crippen molar-refractivity contribution in [3.05, 3.63) is 29.8 Å². The fourth-order valence-corrected chi connectivity index (χ4v) is 1.88. The number of hydrogen-bond donors (Lipinski definition) is 1. The van der Waals surface area contributed by atoms with Crippen molar-refractivity contribution in [2.45, 2.75) is 38.1 Å². The molecule has 0 heterocycles. The fraction of sp³-hybridized carbons (Fsp3) is 0.538. The Balaban J connectivity index is 1.99. The molecule has 0 saturated heterocycles. The lowest BCUT2D eigenvalue weighted by atomic mass is 9.88. The highest BCUT2D eigenvalue weighted by molar-refractivity contribution is 5.26. The van der Waals surface area contributed by atoms with Gasteiger partial charge in [0.1, 0.15) is 12.2 Å². The maximum absolute atomic E-state index is 13.4. The third-order valence-electron chi connectivity index (χ3n) is 2.93. The molecular formula is C13H16F2O3. The van der Waals surface area contributed by atoms with Gasteiger partial charge in [0, 0.05) is 13.0 Å². The van der Waals surface area contributed by atoms with Gasteiger partial charge in [-0.25, -0.2) is 4.39 Å². The Hall–Kier alpha value is -1.20. The summed E-state index contributed by atoms with van der Waals surface area (Å²) in [4.78, 5) is 0. The summed E-state index contributed by atoms with van der Waals surface area (Å²) in [5.41, 5.74) is 0. The second-order valence-electron chi connectivity index (χ2n) is 4.35. The van der Waals surface area contributed by atoms with Crippen LogP contribution in [0.4, 0.5) is 8.78 Å². The van der Waals surface area contributed by atoms with Crippen LogP contribution in [0, 0.1) is 11.6 Å². The molecule has 1 aromatic rings. The zero-order valence-electron chi connectivity index (χ0n) is 10.1. The maximum atomic E-state index is 13.4. The Morgan fingerprint density at radius 2 is 2.17 bits per heavy atom. The van der Waals surface area contributed by atoms with E-state index >= 15 is 0 Å². The minimum Gasteiger partial charge on any atom is -0.484 e. The summed E-state index contributed by atoms with van der Waals surface area (Å²) in [6, 6.07) is 3.77. The summed E-state index contributed by atoms with van der Waals surface area (Å²) in [6.07, 6.45) is -0.303. The van der Waals surface area contributed by atoms with E-state index < -0.39 is 29.9 Å². The number of benzene rings is 1. The largest absolute Gasteiger partial charge is 0.484 e. The molecule has 0 aromatic heterocycles. The highest BCUT2D eigenvalue weighted by Gasteiger charge is 2.43. The third-order valence-corrected chi connectivity index (χ3v) is 2.93. The van der Waals surface area contributed by atoms with Crippen LogP contribution in [-0.2, 0) is 4.74 Å². The van der Waals surface area contributed by atoms with Crippen molar-refractivity contribution in [2.24, 2.45) is 0 Å². The van der Waals surface area contributed by atoms with E-state index in [-0.39, 0.29) is 5.75 Å². The van der Waals surface area contributed by atoms with E-state index in [1.54, 1.807) is 0 Å². The summed E-state index contributed by atoms with van der Waals surface area (Å²) in [6.45, 7) is 2.46. The summed E-state index contributed by atoms with van der Waals surface area (Å²) in [5, 5.41) is 9.53. The zero-order chi connectivity index (χ0) is 13.1. The van der Waals surface area contributed by atoms with Crippen molar-refractivity contribution in [1.82, 2.24) is 0 Å². The molecule has 3 atom stereocenters. The average molecular weight is 258 g/mol. The van der Waals surface area contributed by atoms with Crippen molar-refractivity contribution >= 4 is 0 Å². The van der Waals surface area contributed by atoms with Gasteiger partial charge in [-0.3, -0.25) is 0 Å². The van der Waals surface area contributed by atoms with E-state index in [9.17, 15) is 13.9 Å². The maximum Gasteiger partial charge on any atom is 0.200 e. The van der Waals surface area contributed by atoms with E-state index in [0.29, 0.717) is 13.0 Å². The summed E-state index contributed by atoms with van der Waals surface area (Å²) < 4.78 is 37.1. The van der Waals surface area contributed by atoms with Crippen LogP contribution in [0.25, 0.3) is 0 Å². The molecule has 3 unspecified atom stereocenters. The highest BCUT2D eigenvalue weighted by atomic mass is 19.2. The van der Waals surface area contributed by atoms with Crippen LogP contribution in [0.15, 0.2) is 18.2 Å². The van der Waals surface area contributed by atoms with Crippen LogP contribution in [0.5, 0.6) is 5.75 Å². The molecule has 2 rings (SSSR count). The van der Waals surface area contributed by atoms with E-state index in [1.165, 1.54) is 12.1 Å². The number of halogens is 2. The zero-order valence-corrected chi connectivity index (χ0v) is 10.1. The lowest BCUT2D eigenvalue weighted by molar-refractivity contribution is -0.163. The second kappa shape index (κ2) is 5.63. The van der Waals surface area contributed by atoms with Crippen LogP contribution in [-0.4, -0.2) is 30.0 Å². The molecule has 0 amide bonds. The molecule has 18 heavy (non-hydrogen) atoms. The Morgan fingerprint density at radius 3 is 2.83 bits per heavy atom. The third kappa shape index (κ3) is 2.62. The van der Waals surface area contributed by atoms with Crippen LogP contribution in [0.2, 0.25) is 0 Å². The Morgan fingerprint density at radius 1 is 1.39 bits per heavy atom. The van der Waals surface area contributed by atoms with Gasteiger partial charge in [-0.15, -0.1) is 0 Å². The quantitative estimate of drug-likeness (QED) is 0.880. The standard InChI is InChI=1S/C13H16F2O3/c1-2-6-17-13-9(16)7-11(13)18-10-5-3-4-8(14)12(10)15/h3-5,9,11,13,16H,2,6-7H2,1H3. The minimum absolute atomic E-state index is 0.142. The molecule has 1 N–H and O–H groups in total. The van der Waals surface area contributed by atoms with Gasteiger partial charge in [-0.05, 0) is 18.6 Å². The highest BCUT2D eigenvalue weighted by Crippen LogP contribution is 2.30. The summed E-state index contributed by atoms with van der Waals surface area (Å²) >= 11 is 0. The van der Waals surface area contributed by atoms with E-state index in [2.05, 4.69) is 0 Å². The molecule has 0 aliphatic heterocycles. The molecule has 1 aliphatic rings. The van der Waals surface area contributed by atoms with Gasteiger partial charge in [-0.2, -0.15) is 4.39 Å². The normalized spacial score (nSPS) is 26.8. The first-order valence-corrected chi connectivity index (χ1v) is 6.03. The molecule has 5 heteroatoms. The molecule has 1 fully saturated rings. The van der Waals surface area contributed by atoms with Crippen molar-refractivity contribution in [3.63, 3.8) is 0 Å². The first-order valence-electron chi connectivity index (χ1n) is 6.03. The topological polar surface area (TPSA) is 38.7 Å². The second-order valence-corrected chi connectivity index (χ2v) is 4.35. The predicted molar refractivity (Wildman–Crippen MR) is 61.4 cm³/mol. The minimum atomic E-state index is -1.01. The molecule has 100 valence electrons. The van der Waals surface area contributed by atoms with Gasteiger partial charge < -0.3 is 14.6 Å². The van der Waals surface area contributed by atoms with Gasteiger partial charge in [0.25, 0.3) is 0 Å². The fourth-order valence-electron chi connectivity index (χ4n) is 1.88. The number of rotatable bonds is 5. The molecule has 0 spiro atoms. The monoisotopic (exact) mass is 258 g/mol. The van der Waals surface area contributed by atoms with E-state index in [4.69, 9.17) is 9.47 Å². The summed E-state index contributed by atoms with van der Waals surface area (Å²) in [7, 11) is 0. The lowest BCUT2D eigenvalue weighted by Gasteiger charge is -2.40. The van der Waals surface area contributed by atoms with Gasteiger partial charge in [0.2, 0.25) is 5.82 Å². The lowest BCUT2D eigenvalue weighted by Crippen LogP contribution is -2.55. The molecule has 1 aliphatic carbocycles. The summed E-state index contributed by atoms with van der Waals surface area (Å²) in [5.74, 6) is -2.09. The van der Waals surface area contributed by atoms with Crippen LogP contribution < -0.4 is 4.74 Å². The molecular weight excluding hydrogens is 242 g/mol. The van der Waals surface area contributed by atoms with Gasteiger partial charge in [0.15, 0.2) is 11.6 Å². The van der Waals surface area contributed by atoms with Gasteiger partial charge >= 0.3 is 0 Å². The smallest absolute Gasteiger partial charge is 0.200 e. The van der Waals surface area contributed by atoms with Crippen molar-refractivity contribution in [2.75, 3.05) is 6.61 Å². The first kappa shape index (κ1) is 13.2. The van der Waals surface area contributed by atoms with Gasteiger partial charge in [-0.1, -0.05) is 13.0 Å². The Kier molecular flexibility index (Phi) is 4.14. The SMILES string of the molecule is CCCOC1C(O)CC1Oc1cccc(F)c1F. The molecule has 3 nitrogen and oxygen atoms in total. The van der Waals surface area contributed by atoms with Crippen LogP contribution >= 0.6 is 0 Å². The molecule has 1 aromatic carbocycles. The van der Waals surface area contributed by atoms with Crippen LogP contribution in [0.3, 0.4) is 0 Å². The Bertz CT molecular complexity index is 411. The Labute approximate surface area is 104 Å². The van der Waals surface area contributed by atoms with Crippen molar-refractivity contribution in [1.29, 1.82) is 0 Å². The number of ether oxygens (including phenoxy) is 2. The predicted octanol–water partition coefficient (Wildman–Crippen LogP) is 2.27. The molecule has 1 saturated carbocycles. The van der Waals surface area contributed by atoms with E-state index in [1.807, 2.05) is 6.92 Å². The van der Waals surface area contributed by atoms with E-state index in [0.717, 1.165) is 12.5 Å². The number of aliphatic hydroxyl groups excluding tert-OH is 1. The molecule has 0 radical (unpaired) electrons. The van der Waals surface area contributed by atoms with Crippen molar-refractivity contribution < 1.29 is 23.4 Å². The number of aliphatic hydroxyl groups is 1. The average Bonchev–Trinajstić information content (AvgIpc) is 2.34. The van der Waals surface area contributed by atoms with Crippen molar-refractivity contribution in [3.8, 4) is 5.75 Å².